The van der Waals surface area contributed by atoms with Crippen molar-refractivity contribution in [3.8, 4) is 0 Å². The third kappa shape index (κ3) is 1.47. The summed E-state index contributed by atoms with van der Waals surface area (Å²) in [6.07, 6.45) is 5.23. The molecule has 4 nitrogen and oxygen atoms in total. The van der Waals surface area contributed by atoms with E-state index < -0.39 is 5.60 Å². The minimum atomic E-state index is -0.687. The van der Waals surface area contributed by atoms with E-state index in [2.05, 4.69) is 10.3 Å². The number of nitrogens with zero attached hydrogens (tertiary/aromatic N) is 2. The van der Waals surface area contributed by atoms with Crippen LogP contribution in [-0.4, -0.2) is 27.7 Å². The number of rotatable bonds is 1. The first-order valence-corrected chi connectivity index (χ1v) is 4.74. The van der Waals surface area contributed by atoms with Gasteiger partial charge in [-0.25, -0.2) is 4.98 Å². The smallest absolute Gasteiger partial charge is 0.140 e. The lowest BCUT2D eigenvalue weighted by Gasteiger charge is -2.29. The standard InChI is InChI=1S/C9H15N3O/c1-12-7-6-11-8(12)9(13)2-4-10-5-3-9/h6-7,10,13H,2-5H2,1H3/p+1. The molecule has 0 bridgehead atoms. The van der Waals surface area contributed by atoms with Crippen molar-refractivity contribution in [3.63, 3.8) is 0 Å². The van der Waals surface area contributed by atoms with Gasteiger partial charge in [0, 0.05) is 32.3 Å². The summed E-state index contributed by atoms with van der Waals surface area (Å²) in [6, 6.07) is 0. The molecule has 1 aromatic rings. The zero-order valence-corrected chi connectivity index (χ0v) is 7.90. The van der Waals surface area contributed by atoms with Crippen molar-refractivity contribution in [2.45, 2.75) is 18.4 Å². The topological polar surface area (TPSA) is 54.7 Å². The van der Waals surface area contributed by atoms with Gasteiger partial charge < -0.3 is 15.0 Å². The van der Waals surface area contributed by atoms with Gasteiger partial charge in [-0.1, -0.05) is 0 Å². The summed E-state index contributed by atoms with van der Waals surface area (Å²) in [6.45, 7) is 1.98. The Hall–Kier alpha value is -0.870. The highest BCUT2D eigenvalue weighted by molar-refractivity contribution is 5.04. The molecule has 1 aromatic heterocycles. The first-order chi connectivity index (χ1) is 6.22. The maximum absolute atomic E-state index is 10.3. The van der Waals surface area contributed by atoms with Gasteiger partial charge >= 0.3 is 0 Å². The van der Waals surface area contributed by atoms with Gasteiger partial charge in [0.05, 0.1) is 13.1 Å². The first-order valence-electron chi connectivity index (χ1n) is 4.74. The third-order valence-electron chi connectivity index (χ3n) is 2.76. The Labute approximate surface area is 77.6 Å². The van der Waals surface area contributed by atoms with Gasteiger partial charge in [-0.05, 0) is 0 Å². The van der Waals surface area contributed by atoms with Crippen molar-refractivity contribution >= 4 is 0 Å². The molecule has 0 unspecified atom stereocenters. The summed E-state index contributed by atoms with van der Waals surface area (Å²) >= 11 is 0. The second kappa shape index (κ2) is 3.12. The Bertz CT molecular complexity index is 289. The molecular weight excluding hydrogens is 166 g/mol. The van der Waals surface area contributed by atoms with E-state index in [0.717, 1.165) is 31.8 Å². The van der Waals surface area contributed by atoms with Gasteiger partial charge in [0.15, 0.2) is 0 Å². The quantitative estimate of drug-likeness (QED) is 0.583. The predicted octanol–water partition coefficient (Wildman–Crippen LogP) is -1.04. The molecule has 1 saturated heterocycles. The second-order valence-corrected chi connectivity index (χ2v) is 3.76. The number of aliphatic hydroxyl groups is 1. The van der Waals surface area contributed by atoms with Crippen molar-refractivity contribution in [1.82, 2.24) is 9.55 Å². The molecule has 2 heterocycles. The van der Waals surface area contributed by atoms with E-state index >= 15 is 0 Å². The molecule has 0 atom stereocenters. The normalized spacial score (nSPS) is 21.7. The maximum atomic E-state index is 10.3. The molecule has 72 valence electrons. The number of hydrogen-bond donors (Lipinski definition) is 2. The summed E-state index contributed by atoms with van der Waals surface area (Å²) in [4.78, 5) is 4.21. The second-order valence-electron chi connectivity index (χ2n) is 3.76. The molecular formula is C9H16N3O+. The van der Waals surface area contributed by atoms with Gasteiger partial charge in [0.1, 0.15) is 11.4 Å². The molecule has 0 amide bonds. The molecule has 13 heavy (non-hydrogen) atoms. The first kappa shape index (κ1) is 8.72. The molecule has 0 aromatic carbocycles. The number of aryl methyl sites for hydroxylation is 1. The summed E-state index contributed by atoms with van der Waals surface area (Å²) in [7, 11) is 1.93. The van der Waals surface area contributed by atoms with Crippen LogP contribution in [-0.2, 0) is 12.6 Å². The van der Waals surface area contributed by atoms with E-state index in [0.29, 0.717) is 0 Å². The molecule has 0 aliphatic carbocycles. The lowest BCUT2D eigenvalue weighted by molar-refractivity contribution is -0.669. The highest BCUT2D eigenvalue weighted by Crippen LogP contribution is 2.26. The predicted molar refractivity (Wildman–Crippen MR) is 48.0 cm³/mol. The summed E-state index contributed by atoms with van der Waals surface area (Å²) in [5.74, 6) is 0.806. The van der Waals surface area contributed by atoms with Crippen LogP contribution >= 0.6 is 0 Å². The number of hydrogen-bond acceptors (Lipinski definition) is 2. The van der Waals surface area contributed by atoms with Gasteiger partial charge in [-0.3, -0.25) is 0 Å². The Kier molecular flexibility index (Phi) is 2.09. The van der Waals surface area contributed by atoms with E-state index in [1.807, 2.05) is 17.8 Å². The number of piperidine rings is 1. The van der Waals surface area contributed by atoms with Crippen LogP contribution < -0.4 is 5.32 Å². The van der Waals surface area contributed by atoms with Gasteiger partial charge in [-0.15, -0.1) is 0 Å². The van der Waals surface area contributed by atoms with E-state index in [9.17, 15) is 5.11 Å². The molecule has 1 aliphatic heterocycles. The molecule has 2 rings (SSSR count). The zero-order valence-electron chi connectivity index (χ0n) is 7.90. The maximum Gasteiger partial charge on any atom is 0.140 e. The van der Waals surface area contributed by atoms with E-state index in [1.165, 1.54) is 0 Å². The Morgan fingerprint density at radius 2 is 2.23 bits per heavy atom. The monoisotopic (exact) mass is 182 g/mol. The Balaban J connectivity index is 2.27. The average molecular weight is 182 g/mol. The van der Waals surface area contributed by atoms with E-state index in [4.69, 9.17) is 0 Å². The van der Waals surface area contributed by atoms with Crippen molar-refractivity contribution in [3.05, 3.63) is 18.2 Å². The summed E-state index contributed by atoms with van der Waals surface area (Å²) in [5, 5.41) is 12.5. The average Bonchev–Trinajstić information content (AvgIpc) is 2.53. The Morgan fingerprint density at radius 1 is 1.54 bits per heavy atom. The third-order valence-corrected chi connectivity index (χ3v) is 2.76. The molecule has 1 fully saturated rings. The largest absolute Gasteiger partial charge is 0.381 e. The van der Waals surface area contributed by atoms with Crippen LogP contribution in [0.2, 0.25) is 0 Å². The Morgan fingerprint density at radius 3 is 2.77 bits per heavy atom. The minimum absolute atomic E-state index is 0.687. The van der Waals surface area contributed by atoms with Crippen LogP contribution in [0.3, 0.4) is 0 Å². The number of quaternary nitrogens is 1. The van der Waals surface area contributed by atoms with Crippen molar-refractivity contribution in [1.29, 1.82) is 0 Å². The molecule has 1 aliphatic rings. The molecule has 3 N–H and O–H groups in total. The summed E-state index contributed by atoms with van der Waals surface area (Å²) in [5.41, 5.74) is -0.687. The van der Waals surface area contributed by atoms with Crippen LogP contribution in [0.4, 0.5) is 0 Å². The molecule has 0 saturated carbocycles. The SMILES string of the molecule is Cn1ccnc1C1(O)CC[NH2+]CC1. The minimum Gasteiger partial charge on any atom is -0.381 e. The fourth-order valence-corrected chi connectivity index (χ4v) is 1.99. The fraction of sp³-hybridized carbons (Fsp3) is 0.667. The zero-order chi connectivity index (χ0) is 9.31. The van der Waals surface area contributed by atoms with Crippen molar-refractivity contribution in [2.24, 2.45) is 7.05 Å². The summed E-state index contributed by atoms with van der Waals surface area (Å²) < 4.78 is 1.91. The van der Waals surface area contributed by atoms with E-state index in [-0.39, 0.29) is 0 Å². The number of nitrogens with two attached hydrogens (primary N) is 1. The van der Waals surface area contributed by atoms with Crippen molar-refractivity contribution < 1.29 is 10.4 Å². The molecule has 0 spiro atoms. The highest BCUT2D eigenvalue weighted by Gasteiger charge is 2.36. The van der Waals surface area contributed by atoms with Crippen LogP contribution in [0.15, 0.2) is 12.4 Å². The lowest BCUT2D eigenvalue weighted by Crippen LogP contribution is -2.87. The number of imidazole rings is 1. The highest BCUT2D eigenvalue weighted by atomic mass is 16.3. The van der Waals surface area contributed by atoms with Gasteiger partial charge in [0.2, 0.25) is 0 Å². The van der Waals surface area contributed by atoms with Crippen LogP contribution in [0.25, 0.3) is 0 Å². The van der Waals surface area contributed by atoms with Crippen molar-refractivity contribution in [2.75, 3.05) is 13.1 Å². The molecule has 4 heteroatoms. The van der Waals surface area contributed by atoms with Gasteiger partial charge in [-0.2, -0.15) is 0 Å². The fourth-order valence-electron chi connectivity index (χ4n) is 1.99. The van der Waals surface area contributed by atoms with Gasteiger partial charge in [0.25, 0.3) is 0 Å². The number of aromatic nitrogens is 2. The van der Waals surface area contributed by atoms with Crippen LogP contribution in [0.1, 0.15) is 18.7 Å². The van der Waals surface area contributed by atoms with Crippen LogP contribution in [0.5, 0.6) is 0 Å². The van der Waals surface area contributed by atoms with E-state index in [1.54, 1.807) is 6.20 Å². The lowest BCUT2D eigenvalue weighted by atomic mass is 9.91. The van der Waals surface area contributed by atoms with Crippen LogP contribution in [0, 0.1) is 0 Å². The molecule has 0 radical (unpaired) electrons.